The van der Waals surface area contributed by atoms with Crippen LogP contribution in [-0.2, 0) is 10.2 Å². The molecule has 15 heavy (non-hydrogen) atoms. The van der Waals surface area contributed by atoms with Gasteiger partial charge in [0.2, 0.25) is 0 Å². The number of alkyl halides is 2. The maximum absolute atomic E-state index is 12.7. The minimum absolute atomic E-state index is 0.236. The van der Waals surface area contributed by atoms with Gasteiger partial charge in [0, 0.05) is 13.1 Å². The summed E-state index contributed by atoms with van der Waals surface area (Å²) in [6.45, 7) is 1.88. The van der Waals surface area contributed by atoms with Gasteiger partial charge in [-0.2, -0.15) is 17.4 Å². The molecule has 0 aromatic rings. The summed E-state index contributed by atoms with van der Waals surface area (Å²) in [6, 6.07) is 0. The lowest BCUT2D eigenvalue weighted by Crippen LogP contribution is -2.47. The largest absolute Gasteiger partial charge is 0.325 e. The highest BCUT2D eigenvalue weighted by Crippen LogP contribution is 2.10. The lowest BCUT2D eigenvalue weighted by atomic mass is 10.3. The summed E-state index contributed by atoms with van der Waals surface area (Å²) in [4.78, 5) is 0. The molecule has 0 aliphatic heterocycles. The van der Waals surface area contributed by atoms with E-state index in [9.17, 15) is 17.2 Å². The molecule has 3 N–H and O–H groups in total. The van der Waals surface area contributed by atoms with Crippen LogP contribution in [0, 0.1) is 0 Å². The van der Waals surface area contributed by atoms with Crippen LogP contribution in [0.15, 0.2) is 0 Å². The van der Waals surface area contributed by atoms with Crippen molar-refractivity contribution >= 4 is 10.2 Å². The normalized spacial score (nSPS) is 13.5. The minimum atomic E-state index is -3.82. The van der Waals surface area contributed by atoms with Crippen LogP contribution in [-0.4, -0.2) is 44.8 Å². The second-order valence-electron chi connectivity index (χ2n) is 2.97. The Labute approximate surface area is 88.8 Å². The highest BCUT2D eigenvalue weighted by atomic mass is 32.2. The van der Waals surface area contributed by atoms with Gasteiger partial charge >= 0.3 is 0 Å². The van der Waals surface area contributed by atoms with Gasteiger partial charge < -0.3 is 5.73 Å². The third kappa shape index (κ3) is 4.83. The average Bonchev–Trinajstić information content (AvgIpc) is 2.17. The molecule has 5 nitrogen and oxygen atoms in total. The number of hydrogen-bond donors (Lipinski definition) is 2. The second-order valence-corrected chi connectivity index (χ2v) is 4.73. The molecule has 0 bridgehead atoms. The van der Waals surface area contributed by atoms with E-state index in [1.165, 1.54) is 0 Å². The predicted molar refractivity (Wildman–Crippen MR) is 53.8 cm³/mol. The number of nitrogens with one attached hydrogen (secondary N) is 1. The topological polar surface area (TPSA) is 75.4 Å². The van der Waals surface area contributed by atoms with Gasteiger partial charge in [-0.1, -0.05) is 13.8 Å². The fourth-order valence-corrected chi connectivity index (χ4v) is 2.18. The number of nitrogens with zero attached hydrogens (tertiary/aromatic N) is 1. The first-order valence-corrected chi connectivity index (χ1v) is 6.05. The zero-order valence-corrected chi connectivity index (χ0v) is 9.65. The first-order valence-electron chi connectivity index (χ1n) is 4.61. The first-order chi connectivity index (χ1) is 6.79. The molecule has 0 rings (SSSR count). The Hall–Kier alpha value is -0.310. The van der Waals surface area contributed by atoms with E-state index < -0.39 is 29.2 Å². The fraction of sp³-hybridized carbons (Fsp3) is 1.00. The van der Waals surface area contributed by atoms with Crippen molar-refractivity contribution in [2.45, 2.75) is 19.8 Å². The Kier molecular flexibility index (Phi) is 5.57. The molecule has 0 aliphatic rings. The van der Waals surface area contributed by atoms with Gasteiger partial charge in [0.05, 0.1) is 13.1 Å². The minimum Gasteiger partial charge on any atom is -0.325 e. The highest BCUT2D eigenvalue weighted by Gasteiger charge is 2.30. The van der Waals surface area contributed by atoms with Crippen molar-refractivity contribution in [3.05, 3.63) is 0 Å². The molecule has 0 fully saturated rings. The van der Waals surface area contributed by atoms with Crippen molar-refractivity contribution in [1.29, 1.82) is 0 Å². The van der Waals surface area contributed by atoms with Gasteiger partial charge in [-0.05, 0) is 0 Å². The summed E-state index contributed by atoms with van der Waals surface area (Å²) in [7, 11) is -3.82. The van der Waals surface area contributed by atoms with Crippen LogP contribution < -0.4 is 10.5 Å². The molecule has 0 unspecified atom stereocenters. The molecule has 0 aromatic carbocycles. The van der Waals surface area contributed by atoms with Gasteiger partial charge in [0.1, 0.15) is 0 Å². The zero-order valence-electron chi connectivity index (χ0n) is 8.83. The second kappa shape index (κ2) is 5.69. The molecule has 0 spiro atoms. The summed E-state index contributed by atoms with van der Waals surface area (Å²) >= 11 is 0. The molecule has 0 saturated heterocycles. The number of rotatable bonds is 7. The van der Waals surface area contributed by atoms with Crippen molar-refractivity contribution in [3.63, 3.8) is 0 Å². The van der Waals surface area contributed by atoms with E-state index in [0.29, 0.717) is 0 Å². The van der Waals surface area contributed by atoms with Gasteiger partial charge in [-0.25, -0.2) is 8.78 Å². The molecule has 0 aromatic heterocycles. The fourth-order valence-electron chi connectivity index (χ4n) is 0.924. The Morgan fingerprint density at radius 2 is 1.80 bits per heavy atom. The van der Waals surface area contributed by atoms with Crippen molar-refractivity contribution in [1.82, 2.24) is 9.03 Å². The summed E-state index contributed by atoms with van der Waals surface area (Å²) in [5, 5.41) is 0. The molecular weight excluding hydrogens is 228 g/mol. The Morgan fingerprint density at radius 3 is 2.13 bits per heavy atom. The smallest absolute Gasteiger partial charge is 0.279 e. The van der Waals surface area contributed by atoms with E-state index in [2.05, 4.69) is 0 Å². The monoisotopic (exact) mass is 245 g/mol. The first kappa shape index (κ1) is 14.7. The summed E-state index contributed by atoms with van der Waals surface area (Å²) in [5.41, 5.74) is 4.78. The van der Waals surface area contributed by atoms with Crippen LogP contribution in [0.2, 0.25) is 0 Å². The Bertz CT molecular complexity index is 278. The van der Waals surface area contributed by atoms with Gasteiger partial charge in [0.25, 0.3) is 16.1 Å². The maximum Gasteiger partial charge on any atom is 0.279 e. The molecule has 0 radical (unpaired) electrons. The SMILES string of the molecule is CCN(CC)S(=O)(=O)NCC(F)(F)CN. The van der Waals surface area contributed by atoms with Crippen molar-refractivity contribution in [2.75, 3.05) is 26.2 Å². The zero-order chi connectivity index (χ0) is 12.1. The third-order valence-electron chi connectivity index (χ3n) is 1.86. The van der Waals surface area contributed by atoms with E-state index in [-0.39, 0.29) is 13.1 Å². The molecular formula is C7H17F2N3O2S. The summed E-state index contributed by atoms with van der Waals surface area (Å²) < 4.78 is 51.0. The molecule has 8 heteroatoms. The van der Waals surface area contributed by atoms with Gasteiger partial charge in [-0.15, -0.1) is 0 Å². The molecule has 0 heterocycles. The molecule has 0 saturated carbocycles. The number of nitrogens with two attached hydrogens (primary N) is 1. The van der Waals surface area contributed by atoms with Crippen LogP contribution >= 0.6 is 0 Å². The third-order valence-corrected chi connectivity index (χ3v) is 3.56. The molecule has 0 atom stereocenters. The summed E-state index contributed by atoms with van der Waals surface area (Å²) in [5.74, 6) is -3.21. The number of halogens is 2. The van der Waals surface area contributed by atoms with E-state index in [4.69, 9.17) is 5.73 Å². The lowest BCUT2D eigenvalue weighted by molar-refractivity contribution is 0.0167. The Balaban J connectivity index is 4.40. The van der Waals surface area contributed by atoms with E-state index in [1.54, 1.807) is 13.8 Å². The Morgan fingerprint density at radius 1 is 1.33 bits per heavy atom. The average molecular weight is 245 g/mol. The van der Waals surface area contributed by atoms with E-state index >= 15 is 0 Å². The van der Waals surface area contributed by atoms with Crippen molar-refractivity contribution in [3.8, 4) is 0 Å². The van der Waals surface area contributed by atoms with Crippen LogP contribution in [0.5, 0.6) is 0 Å². The quantitative estimate of drug-likeness (QED) is 0.650. The van der Waals surface area contributed by atoms with Crippen LogP contribution in [0.3, 0.4) is 0 Å². The molecule has 92 valence electrons. The highest BCUT2D eigenvalue weighted by molar-refractivity contribution is 7.87. The van der Waals surface area contributed by atoms with Crippen molar-refractivity contribution < 1.29 is 17.2 Å². The van der Waals surface area contributed by atoms with Gasteiger partial charge in [-0.3, -0.25) is 0 Å². The molecule has 0 aliphatic carbocycles. The van der Waals surface area contributed by atoms with Crippen LogP contribution in [0.4, 0.5) is 8.78 Å². The van der Waals surface area contributed by atoms with Gasteiger partial charge in [0.15, 0.2) is 0 Å². The lowest BCUT2D eigenvalue weighted by Gasteiger charge is -2.21. The predicted octanol–water partition coefficient (Wildman–Crippen LogP) is -0.243. The summed E-state index contributed by atoms with van der Waals surface area (Å²) in [6.07, 6.45) is 0. The maximum atomic E-state index is 12.7. The van der Waals surface area contributed by atoms with E-state index in [0.717, 1.165) is 4.31 Å². The van der Waals surface area contributed by atoms with E-state index in [1.807, 2.05) is 4.72 Å². The van der Waals surface area contributed by atoms with Crippen molar-refractivity contribution in [2.24, 2.45) is 5.73 Å². The standard InChI is InChI=1S/C7H17F2N3O2S/c1-3-12(4-2)15(13,14)11-6-7(8,9)5-10/h11H,3-6,10H2,1-2H3. The molecule has 0 amide bonds. The van der Waals surface area contributed by atoms with Crippen LogP contribution in [0.25, 0.3) is 0 Å². The van der Waals surface area contributed by atoms with Crippen LogP contribution in [0.1, 0.15) is 13.8 Å². The number of hydrogen-bond acceptors (Lipinski definition) is 3.